The van der Waals surface area contributed by atoms with Crippen molar-refractivity contribution in [3.8, 4) is 0 Å². The zero-order valence-corrected chi connectivity index (χ0v) is 13.7. The Morgan fingerprint density at radius 1 is 1.36 bits per heavy atom. The van der Waals surface area contributed by atoms with E-state index < -0.39 is 0 Å². The van der Waals surface area contributed by atoms with Crippen LogP contribution in [0.4, 0.5) is 5.69 Å². The van der Waals surface area contributed by atoms with Crippen LogP contribution in [0.15, 0.2) is 30.3 Å². The monoisotopic (exact) mass is 322 g/mol. The number of esters is 1. The molecule has 1 spiro atoms. The van der Waals surface area contributed by atoms with Crippen molar-refractivity contribution in [1.82, 2.24) is 5.32 Å². The lowest BCUT2D eigenvalue weighted by Crippen LogP contribution is -2.42. The molecule has 5 heteroatoms. The number of nitrogens with zero attached hydrogens (tertiary/aromatic N) is 1. The van der Waals surface area contributed by atoms with E-state index in [0.717, 1.165) is 25.2 Å². The molecule has 1 aromatic rings. The molecule has 22 heavy (non-hydrogen) atoms. The molecular weight excluding hydrogens is 300 g/mol. The van der Waals surface area contributed by atoms with Crippen LogP contribution in [0.3, 0.4) is 0 Å². The Kier molecular flexibility index (Phi) is 5.48. The highest BCUT2D eigenvalue weighted by molar-refractivity contribution is 5.88. The number of carbonyl (C=O) groups excluding carboxylic acids is 1. The molecule has 3 rings (SSSR count). The fraction of sp³-hybridized carbons (Fsp3) is 0.471. The first-order chi connectivity index (χ1) is 10.2. The van der Waals surface area contributed by atoms with E-state index in [4.69, 9.17) is 0 Å². The number of hydrogen-bond acceptors (Lipinski definition) is 4. The first-order valence-corrected chi connectivity index (χ1v) is 7.57. The van der Waals surface area contributed by atoms with Crippen molar-refractivity contribution in [1.29, 1.82) is 0 Å². The molecular formula is C17H23ClN2O2. The van der Waals surface area contributed by atoms with Gasteiger partial charge in [0.25, 0.3) is 0 Å². The molecule has 0 aliphatic carbocycles. The van der Waals surface area contributed by atoms with Gasteiger partial charge in [-0.15, -0.1) is 12.4 Å². The molecule has 2 aliphatic rings. The Bertz CT molecular complexity index is 553. The average molecular weight is 323 g/mol. The van der Waals surface area contributed by atoms with Gasteiger partial charge in [0.15, 0.2) is 0 Å². The third-order valence-electron chi connectivity index (χ3n) is 4.56. The van der Waals surface area contributed by atoms with E-state index in [2.05, 4.69) is 27.1 Å². The van der Waals surface area contributed by atoms with Crippen molar-refractivity contribution in [2.45, 2.75) is 24.8 Å². The van der Waals surface area contributed by atoms with Gasteiger partial charge in [-0.05, 0) is 43.5 Å². The number of carbonyl (C=O) groups is 1. The second-order valence-corrected chi connectivity index (χ2v) is 5.90. The summed E-state index contributed by atoms with van der Waals surface area (Å²) in [4.78, 5) is 13.7. The van der Waals surface area contributed by atoms with Gasteiger partial charge in [-0.3, -0.25) is 0 Å². The fourth-order valence-corrected chi connectivity index (χ4v) is 3.44. The quantitative estimate of drug-likeness (QED) is 0.686. The lowest BCUT2D eigenvalue weighted by atomic mass is 9.97. The summed E-state index contributed by atoms with van der Waals surface area (Å²) in [6.45, 7) is 3.25. The van der Waals surface area contributed by atoms with Gasteiger partial charge >= 0.3 is 5.97 Å². The smallest absolute Gasteiger partial charge is 0.330 e. The van der Waals surface area contributed by atoms with E-state index in [-0.39, 0.29) is 18.4 Å². The van der Waals surface area contributed by atoms with Gasteiger partial charge in [-0.25, -0.2) is 4.79 Å². The molecule has 0 aromatic heterocycles. The lowest BCUT2D eigenvalue weighted by Gasteiger charge is -2.26. The second-order valence-electron chi connectivity index (χ2n) is 5.90. The summed E-state index contributed by atoms with van der Waals surface area (Å²) in [5.41, 5.74) is 2.57. The minimum atomic E-state index is -0.319. The highest BCUT2D eigenvalue weighted by Crippen LogP contribution is 2.34. The molecule has 0 saturated carbocycles. The number of methoxy groups -OCH3 is 1. The molecule has 2 aliphatic heterocycles. The molecule has 1 atom stereocenters. The number of para-hydroxylation sites is 1. The fourth-order valence-electron chi connectivity index (χ4n) is 3.44. The summed E-state index contributed by atoms with van der Waals surface area (Å²) in [7, 11) is 1.40. The summed E-state index contributed by atoms with van der Waals surface area (Å²) in [5, 5.41) is 3.68. The molecule has 1 unspecified atom stereocenters. The minimum Gasteiger partial charge on any atom is -0.466 e. The van der Waals surface area contributed by atoms with Crippen LogP contribution >= 0.6 is 12.4 Å². The Labute approximate surface area is 137 Å². The van der Waals surface area contributed by atoms with Gasteiger partial charge < -0.3 is 15.0 Å². The standard InChI is InChI=1S/C17H22N2O2.ClH/c1-21-16(20)8-7-14-5-2-3-6-15(14)19-12-10-17(13-19)9-4-11-18-17;/h2-3,5-8,18H,4,9-13H2,1H3;1H/b8-7+;. The van der Waals surface area contributed by atoms with Crippen LogP contribution in [-0.2, 0) is 9.53 Å². The van der Waals surface area contributed by atoms with Crippen LogP contribution in [-0.4, -0.2) is 38.3 Å². The van der Waals surface area contributed by atoms with E-state index in [1.165, 1.54) is 38.1 Å². The maximum Gasteiger partial charge on any atom is 0.330 e. The minimum absolute atomic E-state index is 0. The van der Waals surface area contributed by atoms with Gasteiger partial charge in [0.05, 0.1) is 7.11 Å². The summed E-state index contributed by atoms with van der Waals surface area (Å²) >= 11 is 0. The molecule has 1 aromatic carbocycles. The second kappa shape index (κ2) is 7.16. The molecule has 0 amide bonds. The van der Waals surface area contributed by atoms with Crippen LogP contribution in [0.25, 0.3) is 6.08 Å². The largest absolute Gasteiger partial charge is 0.466 e. The molecule has 2 fully saturated rings. The SMILES string of the molecule is COC(=O)/C=C/c1ccccc1N1CCC2(CCCN2)C1.Cl. The number of anilines is 1. The number of halogens is 1. The summed E-state index contributed by atoms with van der Waals surface area (Å²) < 4.78 is 4.66. The van der Waals surface area contributed by atoms with Crippen LogP contribution in [0.1, 0.15) is 24.8 Å². The zero-order valence-electron chi connectivity index (χ0n) is 12.9. The molecule has 120 valence electrons. The summed E-state index contributed by atoms with van der Waals surface area (Å²) in [6.07, 6.45) is 7.07. The van der Waals surface area contributed by atoms with Gasteiger partial charge in [-0.2, -0.15) is 0 Å². The maximum atomic E-state index is 11.3. The van der Waals surface area contributed by atoms with Crippen LogP contribution in [0.2, 0.25) is 0 Å². The van der Waals surface area contributed by atoms with E-state index in [1.54, 1.807) is 0 Å². The Hall–Kier alpha value is -1.52. The van der Waals surface area contributed by atoms with Crippen molar-refractivity contribution >= 4 is 30.1 Å². The summed E-state index contributed by atoms with van der Waals surface area (Å²) in [5.74, 6) is -0.319. The predicted molar refractivity (Wildman–Crippen MR) is 91.5 cm³/mol. The molecule has 2 saturated heterocycles. The van der Waals surface area contributed by atoms with E-state index in [9.17, 15) is 4.79 Å². The first kappa shape index (κ1) is 16.8. The van der Waals surface area contributed by atoms with Gasteiger partial charge in [0.2, 0.25) is 0 Å². The van der Waals surface area contributed by atoms with Crippen molar-refractivity contribution < 1.29 is 9.53 Å². The highest BCUT2D eigenvalue weighted by atomic mass is 35.5. The number of nitrogens with one attached hydrogen (secondary N) is 1. The van der Waals surface area contributed by atoms with E-state index in [1.807, 2.05) is 18.2 Å². The third kappa shape index (κ3) is 3.45. The van der Waals surface area contributed by atoms with Gasteiger partial charge in [0, 0.05) is 30.4 Å². The van der Waals surface area contributed by atoms with Crippen molar-refractivity contribution in [2.75, 3.05) is 31.6 Å². The normalized spacial score (nSPS) is 24.0. The Balaban J connectivity index is 0.00000176. The van der Waals surface area contributed by atoms with Crippen molar-refractivity contribution in [3.63, 3.8) is 0 Å². The van der Waals surface area contributed by atoms with Crippen LogP contribution < -0.4 is 10.2 Å². The lowest BCUT2D eigenvalue weighted by molar-refractivity contribution is -0.134. The number of ether oxygens (including phenoxy) is 1. The molecule has 4 nitrogen and oxygen atoms in total. The Morgan fingerprint density at radius 2 is 2.18 bits per heavy atom. The van der Waals surface area contributed by atoms with Crippen LogP contribution in [0.5, 0.6) is 0 Å². The van der Waals surface area contributed by atoms with Gasteiger partial charge in [0.1, 0.15) is 0 Å². The maximum absolute atomic E-state index is 11.3. The average Bonchev–Trinajstić information content (AvgIpc) is 3.15. The molecule has 0 bridgehead atoms. The zero-order chi connectivity index (χ0) is 14.7. The molecule has 0 radical (unpaired) electrons. The summed E-state index contributed by atoms with van der Waals surface area (Å²) in [6, 6.07) is 8.23. The van der Waals surface area contributed by atoms with E-state index in [0.29, 0.717) is 5.54 Å². The van der Waals surface area contributed by atoms with Crippen molar-refractivity contribution in [2.24, 2.45) is 0 Å². The van der Waals surface area contributed by atoms with E-state index >= 15 is 0 Å². The third-order valence-corrected chi connectivity index (χ3v) is 4.56. The topological polar surface area (TPSA) is 41.6 Å². The van der Waals surface area contributed by atoms with Crippen LogP contribution in [0, 0.1) is 0 Å². The number of rotatable bonds is 3. The van der Waals surface area contributed by atoms with Gasteiger partial charge in [-0.1, -0.05) is 18.2 Å². The molecule has 2 heterocycles. The number of benzene rings is 1. The van der Waals surface area contributed by atoms with Crippen molar-refractivity contribution in [3.05, 3.63) is 35.9 Å². The first-order valence-electron chi connectivity index (χ1n) is 7.57. The highest BCUT2D eigenvalue weighted by Gasteiger charge is 2.40. The Morgan fingerprint density at radius 3 is 2.91 bits per heavy atom. The predicted octanol–water partition coefficient (Wildman–Crippen LogP) is 2.63. The molecule has 1 N–H and O–H groups in total. The number of hydrogen-bond donors (Lipinski definition) is 1.